The fourth-order valence-corrected chi connectivity index (χ4v) is 1.51. The predicted molar refractivity (Wildman–Crippen MR) is 71.6 cm³/mol. The monoisotopic (exact) mass is 273 g/mol. The number of aliphatic hydroxyl groups is 1. The van der Waals surface area contributed by atoms with E-state index >= 15 is 0 Å². The first-order valence-corrected chi connectivity index (χ1v) is 5.95. The molecule has 0 fully saturated rings. The third-order valence-electron chi connectivity index (χ3n) is 2.43. The fourth-order valence-electron chi connectivity index (χ4n) is 1.51. The van der Waals surface area contributed by atoms with E-state index in [1.54, 1.807) is 6.07 Å². The molecule has 0 saturated carbocycles. The first-order chi connectivity index (χ1) is 9.70. The summed E-state index contributed by atoms with van der Waals surface area (Å²) < 4.78 is 18.5. The zero-order valence-corrected chi connectivity index (χ0v) is 10.5. The van der Waals surface area contributed by atoms with Crippen molar-refractivity contribution in [3.8, 4) is 11.8 Å². The number of nitrogens with one attached hydrogen (secondary N) is 1. The number of carbonyl (C=O) groups is 1. The molecule has 1 heterocycles. The van der Waals surface area contributed by atoms with Gasteiger partial charge in [0.25, 0.3) is 5.91 Å². The lowest BCUT2D eigenvalue weighted by Gasteiger charge is -2.04. The maximum atomic E-state index is 13.5. The molecule has 0 radical (unpaired) electrons. The molecule has 2 N–H and O–H groups in total. The lowest BCUT2D eigenvalue weighted by atomic mass is 10.2. The molecule has 0 saturated heterocycles. The van der Waals surface area contributed by atoms with Gasteiger partial charge in [0.2, 0.25) is 0 Å². The van der Waals surface area contributed by atoms with Crippen LogP contribution < -0.4 is 5.32 Å². The molecule has 1 amide bonds. The van der Waals surface area contributed by atoms with Crippen LogP contribution in [0.3, 0.4) is 0 Å². The second-order valence-corrected chi connectivity index (χ2v) is 3.90. The highest BCUT2D eigenvalue weighted by Crippen LogP contribution is 2.15. The molecule has 0 aliphatic carbocycles. The summed E-state index contributed by atoms with van der Waals surface area (Å²) in [7, 11) is 0. The largest absolute Gasteiger partial charge is 0.459 e. The van der Waals surface area contributed by atoms with Crippen molar-refractivity contribution >= 4 is 11.6 Å². The summed E-state index contributed by atoms with van der Waals surface area (Å²) in [4.78, 5) is 11.8. The number of aliphatic hydroxyl groups excluding tert-OH is 1. The minimum Gasteiger partial charge on any atom is -0.459 e. The van der Waals surface area contributed by atoms with E-state index < -0.39 is 11.7 Å². The lowest BCUT2D eigenvalue weighted by molar-refractivity contribution is 0.0996. The van der Waals surface area contributed by atoms with E-state index in [1.165, 1.54) is 30.5 Å². The average Bonchev–Trinajstić information content (AvgIpc) is 2.96. The number of rotatable bonds is 3. The van der Waals surface area contributed by atoms with Gasteiger partial charge in [0.1, 0.15) is 5.82 Å². The van der Waals surface area contributed by atoms with Crippen LogP contribution in [0.4, 0.5) is 10.1 Å². The molecule has 5 heteroatoms. The quantitative estimate of drug-likeness (QED) is 0.844. The minimum absolute atomic E-state index is 0.0798. The first-order valence-electron chi connectivity index (χ1n) is 5.95. The predicted octanol–water partition coefficient (Wildman–Crippen LogP) is 2.40. The Balaban J connectivity index is 2.15. The zero-order valence-electron chi connectivity index (χ0n) is 10.5. The molecule has 0 atom stereocenters. The molecule has 2 aromatic rings. The van der Waals surface area contributed by atoms with Crippen LogP contribution in [-0.4, -0.2) is 17.6 Å². The van der Waals surface area contributed by atoms with Crippen LogP contribution in [0.15, 0.2) is 41.0 Å². The zero-order chi connectivity index (χ0) is 14.4. The van der Waals surface area contributed by atoms with Gasteiger partial charge in [0, 0.05) is 12.1 Å². The maximum Gasteiger partial charge on any atom is 0.291 e. The standard InChI is InChI=1S/C15H12FNO3/c16-13-7-6-12(10-11(13)4-1-2-8-18)17-15(19)14-5-3-9-20-14/h3,5-7,9-10,18H,2,8H2,(H,17,19). The van der Waals surface area contributed by atoms with Crippen molar-refractivity contribution in [2.75, 3.05) is 11.9 Å². The summed E-state index contributed by atoms with van der Waals surface area (Å²) in [6.45, 7) is -0.0798. The third kappa shape index (κ3) is 3.46. The Bertz CT molecular complexity index is 653. The molecule has 0 aliphatic heterocycles. The smallest absolute Gasteiger partial charge is 0.291 e. The van der Waals surface area contributed by atoms with Crippen molar-refractivity contribution in [3.63, 3.8) is 0 Å². The number of hydrogen-bond acceptors (Lipinski definition) is 3. The number of halogens is 1. The van der Waals surface area contributed by atoms with Crippen LogP contribution in [0.2, 0.25) is 0 Å². The van der Waals surface area contributed by atoms with Crippen LogP contribution >= 0.6 is 0 Å². The van der Waals surface area contributed by atoms with Crippen LogP contribution in [0.25, 0.3) is 0 Å². The van der Waals surface area contributed by atoms with Crippen LogP contribution in [0.1, 0.15) is 22.5 Å². The molecule has 20 heavy (non-hydrogen) atoms. The molecule has 0 unspecified atom stereocenters. The molecule has 2 rings (SSSR count). The Kier molecular flexibility index (Phi) is 4.53. The lowest BCUT2D eigenvalue weighted by Crippen LogP contribution is -2.11. The Morgan fingerprint density at radius 2 is 2.25 bits per heavy atom. The minimum atomic E-state index is -0.480. The molecule has 0 aliphatic rings. The van der Waals surface area contributed by atoms with Crippen LogP contribution in [-0.2, 0) is 0 Å². The van der Waals surface area contributed by atoms with Gasteiger partial charge in [-0.3, -0.25) is 4.79 Å². The van der Waals surface area contributed by atoms with Crippen LogP contribution in [0, 0.1) is 17.7 Å². The van der Waals surface area contributed by atoms with Crippen LogP contribution in [0.5, 0.6) is 0 Å². The van der Waals surface area contributed by atoms with E-state index in [-0.39, 0.29) is 24.4 Å². The maximum absolute atomic E-state index is 13.5. The summed E-state index contributed by atoms with van der Waals surface area (Å²) in [5.74, 6) is 4.50. The topological polar surface area (TPSA) is 62.5 Å². The normalized spacial score (nSPS) is 9.70. The second kappa shape index (κ2) is 6.55. The molecule has 1 aromatic carbocycles. The summed E-state index contributed by atoms with van der Waals surface area (Å²) in [6.07, 6.45) is 1.66. The van der Waals surface area contributed by atoms with Gasteiger partial charge < -0.3 is 14.8 Å². The van der Waals surface area contributed by atoms with Gasteiger partial charge in [-0.15, -0.1) is 0 Å². The Hall–Kier alpha value is -2.58. The van der Waals surface area contributed by atoms with Gasteiger partial charge >= 0.3 is 0 Å². The molecule has 1 aromatic heterocycles. The second-order valence-electron chi connectivity index (χ2n) is 3.90. The van der Waals surface area contributed by atoms with Gasteiger partial charge in [-0.05, 0) is 30.3 Å². The molecular weight excluding hydrogens is 261 g/mol. The van der Waals surface area contributed by atoms with Crippen molar-refractivity contribution < 1.29 is 18.7 Å². The summed E-state index contributed by atoms with van der Waals surface area (Å²) in [5, 5.41) is 11.2. The molecule has 0 spiro atoms. The van der Waals surface area contributed by atoms with Gasteiger partial charge in [0.15, 0.2) is 5.76 Å². The van der Waals surface area contributed by atoms with Gasteiger partial charge in [0.05, 0.1) is 18.4 Å². The first kappa shape index (κ1) is 13.8. The van der Waals surface area contributed by atoms with Crippen molar-refractivity contribution in [3.05, 3.63) is 53.7 Å². The van der Waals surface area contributed by atoms with Crippen molar-refractivity contribution in [1.82, 2.24) is 0 Å². The van der Waals surface area contributed by atoms with E-state index in [2.05, 4.69) is 17.2 Å². The van der Waals surface area contributed by atoms with Gasteiger partial charge in [-0.25, -0.2) is 4.39 Å². The Morgan fingerprint density at radius 3 is 2.95 bits per heavy atom. The SMILES string of the molecule is O=C(Nc1ccc(F)c(C#CCCO)c1)c1ccco1. The summed E-state index contributed by atoms with van der Waals surface area (Å²) >= 11 is 0. The highest BCUT2D eigenvalue weighted by atomic mass is 19.1. The number of amides is 1. The van der Waals surface area contributed by atoms with E-state index in [0.29, 0.717) is 5.69 Å². The number of hydrogen-bond donors (Lipinski definition) is 2. The number of benzene rings is 1. The van der Waals surface area contributed by atoms with E-state index in [0.717, 1.165) is 0 Å². The molecule has 102 valence electrons. The number of furan rings is 1. The van der Waals surface area contributed by atoms with E-state index in [9.17, 15) is 9.18 Å². The third-order valence-corrected chi connectivity index (χ3v) is 2.43. The highest BCUT2D eigenvalue weighted by molar-refractivity contribution is 6.02. The van der Waals surface area contributed by atoms with Crippen molar-refractivity contribution in [2.45, 2.75) is 6.42 Å². The Labute approximate surface area is 115 Å². The molecule has 4 nitrogen and oxygen atoms in total. The van der Waals surface area contributed by atoms with Gasteiger partial charge in [-0.2, -0.15) is 0 Å². The van der Waals surface area contributed by atoms with Crippen molar-refractivity contribution in [1.29, 1.82) is 0 Å². The Morgan fingerprint density at radius 1 is 1.40 bits per heavy atom. The van der Waals surface area contributed by atoms with E-state index in [4.69, 9.17) is 9.52 Å². The molecular formula is C15H12FNO3. The summed E-state index contributed by atoms with van der Waals surface area (Å²) in [5.41, 5.74) is 0.580. The number of anilines is 1. The van der Waals surface area contributed by atoms with E-state index in [1.807, 2.05) is 0 Å². The fraction of sp³-hybridized carbons (Fsp3) is 0.133. The van der Waals surface area contributed by atoms with Crippen molar-refractivity contribution in [2.24, 2.45) is 0 Å². The average molecular weight is 273 g/mol. The highest BCUT2D eigenvalue weighted by Gasteiger charge is 2.09. The molecule has 0 bridgehead atoms. The summed E-state index contributed by atoms with van der Waals surface area (Å²) in [6, 6.07) is 7.22. The number of carbonyl (C=O) groups excluding carboxylic acids is 1. The van der Waals surface area contributed by atoms with Gasteiger partial charge in [-0.1, -0.05) is 11.8 Å².